The molecule has 0 aromatic carbocycles. The molecule has 0 aliphatic heterocycles. The molecule has 0 radical (unpaired) electrons. The van der Waals surface area contributed by atoms with Crippen molar-refractivity contribution >= 4 is 11.8 Å². The highest BCUT2D eigenvalue weighted by molar-refractivity contribution is 8.01. The van der Waals surface area contributed by atoms with Crippen LogP contribution in [0.2, 0.25) is 0 Å². The molecule has 0 unspecified atom stereocenters. The van der Waals surface area contributed by atoms with E-state index in [2.05, 4.69) is 0 Å². The Morgan fingerprint density at radius 1 is 0.692 bits per heavy atom. The van der Waals surface area contributed by atoms with Crippen molar-refractivity contribution in [3.8, 4) is 0 Å². The number of hydrogen-bond acceptors (Lipinski definition) is 3. The van der Waals surface area contributed by atoms with Gasteiger partial charge in [-0.25, -0.2) is 0 Å². The van der Waals surface area contributed by atoms with Crippen molar-refractivity contribution in [2.75, 3.05) is 0 Å². The lowest BCUT2D eigenvalue weighted by atomic mass is 10.3. The van der Waals surface area contributed by atoms with Crippen molar-refractivity contribution < 1.29 is 10.2 Å². The molecule has 0 bridgehead atoms. The van der Waals surface area contributed by atoms with E-state index in [-0.39, 0.29) is 0 Å². The maximum Gasteiger partial charge on any atom is 0.113 e. The summed E-state index contributed by atoms with van der Waals surface area (Å²) in [7, 11) is 0. The third-order valence-corrected chi connectivity index (χ3v) is 4.73. The van der Waals surface area contributed by atoms with Gasteiger partial charge in [0, 0.05) is 0 Å². The summed E-state index contributed by atoms with van der Waals surface area (Å²) in [6, 6.07) is 0. The quantitative estimate of drug-likeness (QED) is 0.675. The van der Waals surface area contributed by atoms with Gasteiger partial charge < -0.3 is 10.2 Å². The maximum atomic E-state index is 10.1. The zero-order valence-electron chi connectivity index (χ0n) is 7.96. The van der Waals surface area contributed by atoms with Crippen LogP contribution in [-0.2, 0) is 0 Å². The van der Waals surface area contributed by atoms with Crippen LogP contribution in [0, 0.1) is 0 Å². The third-order valence-electron chi connectivity index (χ3n) is 3.15. The fourth-order valence-electron chi connectivity index (χ4n) is 2.41. The summed E-state index contributed by atoms with van der Waals surface area (Å²) in [5, 5.41) is 20.2. The molecule has 76 valence electrons. The van der Waals surface area contributed by atoms with Crippen molar-refractivity contribution in [2.45, 2.75) is 61.2 Å². The van der Waals surface area contributed by atoms with Gasteiger partial charge in [0.05, 0.1) is 0 Å². The Balaban J connectivity index is 1.95. The van der Waals surface area contributed by atoms with Crippen molar-refractivity contribution in [2.24, 2.45) is 0 Å². The zero-order chi connectivity index (χ0) is 9.36. The van der Waals surface area contributed by atoms with E-state index in [0.29, 0.717) is 0 Å². The first-order valence-corrected chi connectivity index (χ1v) is 6.09. The second-order valence-electron chi connectivity index (χ2n) is 4.41. The average Bonchev–Trinajstić information content (AvgIpc) is 2.60. The number of rotatable bonds is 2. The van der Waals surface area contributed by atoms with Crippen LogP contribution in [0.1, 0.15) is 51.4 Å². The van der Waals surface area contributed by atoms with E-state index in [9.17, 15) is 10.2 Å². The highest BCUT2D eigenvalue weighted by atomic mass is 32.2. The molecule has 2 nitrogen and oxygen atoms in total. The first-order valence-electron chi connectivity index (χ1n) is 5.27. The molecule has 3 heteroatoms. The topological polar surface area (TPSA) is 40.5 Å². The highest BCUT2D eigenvalue weighted by Gasteiger charge is 2.42. The maximum absolute atomic E-state index is 10.1. The number of hydrogen-bond donors (Lipinski definition) is 2. The Kier molecular flexibility index (Phi) is 2.60. The Hall–Kier alpha value is 0.270. The van der Waals surface area contributed by atoms with Gasteiger partial charge in [-0.15, -0.1) is 0 Å². The molecule has 2 fully saturated rings. The Bertz CT molecular complexity index is 161. The van der Waals surface area contributed by atoms with E-state index < -0.39 is 9.87 Å². The summed E-state index contributed by atoms with van der Waals surface area (Å²) in [4.78, 5) is -1.22. The van der Waals surface area contributed by atoms with Crippen LogP contribution in [0.4, 0.5) is 0 Å². The largest absolute Gasteiger partial charge is 0.379 e. The van der Waals surface area contributed by atoms with Gasteiger partial charge in [0.15, 0.2) is 0 Å². The van der Waals surface area contributed by atoms with Gasteiger partial charge in [-0.05, 0) is 51.4 Å². The van der Waals surface area contributed by atoms with E-state index in [1.54, 1.807) is 0 Å². The summed E-state index contributed by atoms with van der Waals surface area (Å²) >= 11 is 1.43. The molecule has 2 rings (SSSR count). The van der Waals surface area contributed by atoms with Gasteiger partial charge in [-0.1, -0.05) is 11.8 Å². The van der Waals surface area contributed by atoms with Crippen LogP contribution in [-0.4, -0.2) is 20.1 Å². The Labute approximate surface area is 83.7 Å². The summed E-state index contributed by atoms with van der Waals surface area (Å²) < 4.78 is 0. The first-order chi connectivity index (χ1) is 6.12. The molecule has 2 saturated carbocycles. The minimum Gasteiger partial charge on any atom is -0.379 e. The third kappa shape index (κ3) is 2.20. The molecule has 2 aliphatic carbocycles. The van der Waals surface area contributed by atoms with Crippen LogP contribution in [0.25, 0.3) is 0 Å². The van der Waals surface area contributed by atoms with Gasteiger partial charge in [-0.3, -0.25) is 0 Å². The lowest BCUT2D eigenvalue weighted by Crippen LogP contribution is -2.30. The fourth-order valence-corrected chi connectivity index (χ4v) is 4.11. The molecule has 0 spiro atoms. The van der Waals surface area contributed by atoms with E-state index in [4.69, 9.17) is 0 Å². The minimum atomic E-state index is -0.612. The van der Waals surface area contributed by atoms with Crippen molar-refractivity contribution in [1.29, 1.82) is 0 Å². The van der Waals surface area contributed by atoms with Gasteiger partial charge in [-0.2, -0.15) is 0 Å². The van der Waals surface area contributed by atoms with Crippen LogP contribution < -0.4 is 0 Å². The lowest BCUT2D eigenvalue weighted by Gasteiger charge is -2.31. The summed E-state index contributed by atoms with van der Waals surface area (Å²) in [5.74, 6) is 0. The normalized spacial score (nSPS) is 30.9. The van der Waals surface area contributed by atoms with E-state index in [1.807, 2.05) is 0 Å². The zero-order valence-corrected chi connectivity index (χ0v) is 8.78. The number of aliphatic hydroxyl groups is 2. The molecular formula is C10H18O2S. The molecule has 0 atom stereocenters. The molecule has 0 aromatic heterocycles. The van der Waals surface area contributed by atoms with E-state index in [1.165, 1.54) is 11.8 Å². The molecule has 2 N–H and O–H groups in total. The van der Waals surface area contributed by atoms with Crippen LogP contribution in [0.3, 0.4) is 0 Å². The van der Waals surface area contributed by atoms with Crippen LogP contribution in [0.5, 0.6) is 0 Å². The van der Waals surface area contributed by atoms with Gasteiger partial charge >= 0.3 is 0 Å². The summed E-state index contributed by atoms with van der Waals surface area (Å²) in [5.41, 5.74) is 0. The van der Waals surface area contributed by atoms with E-state index in [0.717, 1.165) is 51.4 Å². The van der Waals surface area contributed by atoms with Crippen LogP contribution >= 0.6 is 11.8 Å². The molecule has 2 aliphatic rings. The minimum absolute atomic E-state index is 0.612. The van der Waals surface area contributed by atoms with Gasteiger partial charge in [0.2, 0.25) is 0 Å². The summed E-state index contributed by atoms with van der Waals surface area (Å²) in [6.45, 7) is 0. The fraction of sp³-hybridized carbons (Fsp3) is 1.00. The summed E-state index contributed by atoms with van der Waals surface area (Å²) in [6.07, 6.45) is 7.89. The Morgan fingerprint density at radius 2 is 1.00 bits per heavy atom. The molecule has 0 saturated heterocycles. The highest BCUT2D eigenvalue weighted by Crippen LogP contribution is 2.50. The second-order valence-corrected chi connectivity index (χ2v) is 6.13. The SMILES string of the molecule is OC1(SC2(O)CCCC2)CCCC1. The van der Waals surface area contributed by atoms with Crippen molar-refractivity contribution in [3.63, 3.8) is 0 Å². The molecular weight excluding hydrogens is 184 g/mol. The molecule has 0 heterocycles. The first kappa shape index (κ1) is 9.81. The van der Waals surface area contributed by atoms with Crippen LogP contribution in [0.15, 0.2) is 0 Å². The van der Waals surface area contributed by atoms with E-state index >= 15 is 0 Å². The van der Waals surface area contributed by atoms with Crippen molar-refractivity contribution in [3.05, 3.63) is 0 Å². The van der Waals surface area contributed by atoms with Gasteiger partial charge in [0.1, 0.15) is 9.87 Å². The lowest BCUT2D eigenvalue weighted by molar-refractivity contribution is 0.111. The molecule has 0 aromatic rings. The smallest absolute Gasteiger partial charge is 0.113 e. The molecule has 13 heavy (non-hydrogen) atoms. The van der Waals surface area contributed by atoms with Crippen molar-refractivity contribution in [1.82, 2.24) is 0 Å². The second kappa shape index (κ2) is 3.44. The standard InChI is InChI=1S/C10H18O2S/c11-9(5-1-2-6-9)13-10(12)7-3-4-8-10/h11-12H,1-8H2. The number of thioether (sulfide) groups is 1. The predicted molar refractivity (Wildman–Crippen MR) is 54.4 cm³/mol. The molecule has 0 amide bonds. The average molecular weight is 202 g/mol. The Morgan fingerprint density at radius 3 is 1.31 bits per heavy atom. The van der Waals surface area contributed by atoms with Gasteiger partial charge in [0.25, 0.3) is 0 Å². The monoisotopic (exact) mass is 202 g/mol. The predicted octanol–water partition coefficient (Wildman–Crippen LogP) is 2.24.